The molecule has 3 heteroatoms. The molecular formula is C10H10F2O. The summed E-state index contributed by atoms with van der Waals surface area (Å²) in [6, 6.07) is 4.81. The Balaban J connectivity index is 2.56. The summed E-state index contributed by atoms with van der Waals surface area (Å²) < 4.78 is 31.4. The Morgan fingerprint density at radius 1 is 1.38 bits per heavy atom. The van der Waals surface area contributed by atoms with Gasteiger partial charge < -0.3 is 4.74 Å². The Labute approximate surface area is 75.3 Å². The van der Waals surface area contributed by atoms with Crippen molar-refractivity contribution in [1.82, 2.24) is 0 Å². The average Bonchev–Trinajstić information content (AvgIpc) is 2.43. The summed E-state index contributed by atoms with van der Waals surface area (Å²) >= 11 is 0. The zero-order valence-corrected chi connectivity index (χ0v) is 7.31. The monoisotopic (exact) mass is 184 g/mol. The lowest BCUT2D eigenvalue weighted by atomic mass is 10.1. The van der Waals surface area contributed by atoms with Gasteiger partial charge in [-0.15, -0.1) is 0 Å². The quantitative estimate of drug-likeness (QED) is 0.652. The third kappa shape index (κ3) is 1.19. The van der Waals surface area contributed by atoms with Gasteiger partial charge in [-0.05, 0) is 12.5 Å². The van der Waals surface area contributed by atoms with E-state index in [9.17, 15) is 8.78 Å². The van der Waals surface area contributed by atoms with Gasteiger partial charge >= 0.3 is 0 Å². The Morgan fingerprint density at radius 2 is 2.15 bits per heavy atom. The predicted molar refractivity (Wildman–Crippen MR) is 45.2 cm³/mol. The fourth-order valence-electron chi connectivity index (χ4n) is 1.77. The number of rotatable bonds is 1. The van der Waals surface area contributed by atoms with E-state index in [1.807, 2.05) is 0 Å². The van der Waals surface area contributed by atoms with Crippen molar-refractivity contribution >= 4 is 0 Å². The van der Waals surface area contributed by atoms with E-state index >= 15 is 0 Å². The van der Waals surface area contributed by atoms with E-state index in [1.54, 1.807) is 12.1 Å². The molecule has 0 amide bonds. The van der Waals surface area contributed by atoms with Crippen molar-refractivity contribution in [2.24, 2.45) is 0 Å². The summed E-state index contributed by atoms with van der Waals surface area (Å²) in [7, 11) is 1.51. The second-order valence-corrected chi connectivity index (χ2v) is 3.19. The van der Waals surface area contributed by atoms with Crippen molar-refractivity contribution in [3.63, 3.8) is 0 Å². The number of hydrogen-bond acceptors (Lipinski definition) is 1. The summed E-state index contributed by atoms with van der Waals surface area (Å²) in [5, 5.41) is 0. The summed E-state index contributed by atoms with van der Waals surface area (Å²) in [5.41, 5.74) is 0.793. The summed E-state index contributed by atoms with van der Waals surface area (Å²) in [5.74, 6) is -2.08. The Morgan fingerprint density at radius 3 is 2.85 bits per heavy atom. The summed E-state index contributed by atoms with van der Waals surface area (Å²) in [4.78, 5) is 0. The molecule has 0 spiro atoms. The molecule has 1 aromatic rings. The number of fused-ring (bicyclic) bond motifs is 1. The first-order valence-electron chi connectivity index (χ1n) is 4.19. The molecule has 1 nitrogen and oxygen atoms in total. The Bertz CT molecular complexity index is 334. The first-order valence-corrected chi connectivity index (χ1v) is 4.19. The minimum atomic E-state index is -2.66. The van der Waals surface area contributed by atoms with Crippen molar-refractivity contribution < 1.29 is 13.5 Å². The van der Waals surface area contributed by atoms with Gasteiger partial charge in [0.1, 0.15) is 5.75 Å². The fourth-order valence-corrected chi connectivity index (χ4v) is 1.77. The average molecular weight is 184 g/mol. The molecule has 0 saturated heterocycles. The lowest BCUT2D eigenvalue weighted by Crippen LogP contribution is -2.07. The Kier molecular flexibility index (Phi) is 1.75. The van der Waals surface area contributed by atoms with Crippen molar-refractivity contribution in [3.8, 4) is 5.75 Å². The number of benzene rings is 1. The highest BCUT2D eigenvalue weighted by Crippen LogP contribution is 2.44. The second-order valence-electron chi connectivity index (χ2n) is 3.19. The standard InChI is InChI=1S/C10H10F2O/c1-13-9-4-2-3-8-7(9)5-6-10(8,11)12/h2-4H,5-6H2,1H3. The second kappa shape index (κ2) is 2.69. The van der Waals surface area contributed by atoms with Crippen molar-refractivity contribution in [1.29, 1.82) is 0 Å². The molecule has 0 saturated carbocycles. The third-order valence-corrected chi connectivity index (χ3v) is 2.44. The maximum absolute atomic E-state index is 13.2. The van der Waals surface area contributed by atoms with Crippen LogP contribution in [0.2, 0.25) is 0 Å². The minimum absolute atomic E-state index is 0.0945. The maximum atomic E-state index is 13.2. The number of halogens is 2. The van der Waals surface area contributed by atoms with Gasteiger partial charge in [0.25, 0.3) is 5.92 Å². The van der Waals surface area contributed by atoms with Crippen LogP contribution in [-0.4, -0.2) is 7.11 Å². The lowest BCUT2D eigenvalue weighted by Gasteiger charge is -2.10. The first kappa shape index (κ1) is 8.48. The van der Waals surface area contributed by atoms with Crippen LogP contribution in [0.1, 0.15) is 17.5 Å². The van der Waals surface area contributed by atoms with E-state index in [0.717, 1.165) is 0 Å². The molecule has 0 aliphatic heterocycles. The molecule has 0 fully saturated rings. The molecular weight excluding hydrogens is 174 g/mol. The summed E-state index contributed by atoms with van der Waals surface area (Å²) in [6.07, 6.45) is 0.315. The van der Waals surface area contributed by atoms with Gasteiger partial charge in [-0.2, -0.15) is 0 Å². The zero-order chi connectivity index (χ0) is 9.47. The van der Waals surface area contributed by atoms with Crippen LogP contribution < -0.4 is 4.74 Å². The van der Waals surface area contributed by atoms with Crippen molar-refractivity contribution in [2.75, 3.05) is 7.11 Å². The number of alkyl halides is 2. The van der Waals surface area contributed by atoms with E-state index in [1.165, 1.54) is 13.2 Å². The van der Waals surface area contributed by atoms with E-state index in [4.69, 9.17) is 4.74 Å². The third-order valence-electron chi connectivity index (χ3n) is 2.44. The van der Waals surface area contributed by atoms with Gasteiger partial charge in [0.15, 0.2) is 0 Å². The smallest absolute Gasteiger partial charge is 0.273 e. The number of ether oxygens (including phenoxy) is 1. The minimum Gasteiger partial charge on any atom is -0.496 e. The molecule has 70 valence electrons. The van der Waals surface area contributed by atoms with E-state index in [0.29, 0.717) is 17.7 Å². The van der Waals surface area contributed by atoms with Crippen LogP contribution in [0.15, 0.2) is 18.2 Å². The van der Waals surface area contributed by atoms with Crippen molar-refractivity contribution in [2.45, 2.75) is 18.8 Å². The molecule has 0 aromatic heterocycles. The van der Waals surface area contributed by atoms with E-state index in [-0.39, 0.29) is 12.0 Å². The lowest BCUT2D eigenvalue weighted by molar-refractivity contribution is -0.00185. The normalized spacial score (nSPS) is 18.4. The van der Waals surface area contributed by atoms with Crippen LogP contribution in [-0.2, 0) is 12.3 Å². The van der Waals surface area contributed by atoms with Gasteiger partial charge in [-0.1, -0.05) is 12.1 Å². The van der Waals surface area contributed by atoms with Gasteiger partial charge in [0.2, 0.25) is 0 Å². The molecule has 0 N–H and O–H groups in total. The van der Waals surface area contributed by atoms with Crippen LogP contribution in [0, 0.1) is 0 Å². The van der Waals surface area contributed by atoms with Gasteiger partial charge in [-0.3, -0.25) is 0 Å². The molecule has 0 atom stereocenters. The number of hydrogen-bond donors (Lipinski definition) is 0. The SMILES string of the molecule is COc1cccc2c1CCC2(F)F. The molecule has 13 heavy (non-hydrogen) atoms. The number of methoxy groups -OCH3 is 1. The van der Waals surface area contributed by atoms with Gasteiger partial charge in [0.05, 0.1) is 7.11 Å². The molecule has 0 unspecified atom stereocenters. The predicted octanol–water partition coefficient (Wildman–Crippen LogP) is 2.73. The largest absolute Gasteiger partial charge is 0.496 e. The molecule has 0 bridgehead atoms. The van der Waals surface area contributed by atoms with E-state index < -0.39 is 5.92 Å². The summed E-state index contributed by atoms with van der Waals surface area (Å²) in [6.45, 7) is 0. The topological polar surface area (TPSA) is 9.23 Å². The van der Waals surface area contributed by atoms with Crippen LogP contribution in [0.25, 0.3) is 0 Å². The van der Waals surface area contributed by atoms with Crippen LogP contribution >= 0.6 is 0 Å². The highest BCUT2D eigenvalue weighted by atomic mass is 19.3. The van der Waals surface area contributed by atoms with Crippen LogP contribution in [0.5, 0.6) is 5.75 Å². The van der Waals surface area contributed by atoms with Crippen molar-refractivity contribution in [3.05, 3.63) is 29.3 Å². The molecule has 1 aliphatic carbocycles. The molecule has 1 aliphatic rings. The first-order chi connectivity index (χ1) is 6.15. The van der Waals surface area contributed by atoms with Crippen LogP contribution in [0.4, 0.5) is 8.78 Å². The zero-order valence-electron chi connectivity index (χ0n) is 7.31. The fraction of sp³-hybridized carbons (Fsp3) is 0.400. The molecule has 2 rings (SSSR count). The van der Waals surface area contributed by atoms with E-state index in [2.05, 4.69) is 0 Å². The van der Waals surface area contributed by atoms with Gasteiger partial charge in [0, 0.05) is 17.5 Å². The molecule has 0 heterocycles. The molecule has 1 aromatic carbocycles. The highest BCUT2D eigenvalue weighted by molar-refractivity contribution is 5.45. The van der Waals surface area contributed by atoms with Crippen LogP contribution in [0.3, 0.4) is 0 Å². The maximum Gasteiger partial charge on any atom is 0.273 e. The Hall–Kier alpha value is -1.12. The highest BCUT2D eigenvalue weighted by Gasteiger charge is 2.40. The molecule has 0 radical (unpaired) electrons. The van der Waals surface area contributed by atoms with Gasteiger partial charge in [-0.25, -0.2) is 8.78 Å².